The van der Waals surface area contributed by atoms with Crippen LogP contribution in [-0.2, 0) is 4.74 Å². The quantitative estimate of drug-likeness (QED) is 0.842. The van der Waals surface area contributed by atoms with Crippen molar-refractivity contribution in [3.05, 3.63) is 53.1 Å². The summed E-state index contributed by atoms with van der Waals surface area (Å²) in [6, 6.07) is 13.0. The molecule has 1 N–H and O–H groups in total. The maximum absolute atomic E-state index is 12.3. The van der Waals surface area contributed by atoms with Crippen LogP contribution in [0, 0.1) is 5.92 Å². The first-order valence-corrected chi connectivity index (χ1v) is 8.85. The highest BCUT2D eigenvalue weighted by molar-refractivity contribution is 6.31. The zero-order valence-corrected chi connectivity index (χ0v) is 15.0. The van der Waals surface area contributed by atoms with Gasteiger partial charge in [-0.3, -0.25) is 4.79 Å². The van der Waals surface area contributed by atoms with E-state index in [-0.39, 0.29) is 5.91 Å². The van der Waals surface area contributed by atoms with Crippen molar-refractivity contribution in [3.8, 4) is 16.9 Å². The summed E-state index contributed by atoms with van der Waals surface area (Å²) >= 11 is 6.09. The van der Waals surface area contributed by atoms with Gasteiger partial charge in [-0.2, -0.15) is 0 Å². The minimum Gasteiger partial charge on any atom is -0.496 e. The first-order valence-electron chi connectivity index (χ1n) is 8.47. The van der Waals surface area contributed by atoms with Crippen LogP contribution in [0.5, 0.6) is 5.75 Å². The summed E-state index contributed by atoms with van der Waals surface area (Å²) in [5, 5.41) is 3.62. The summed E-state index contributed by atoms with van der Waals surface area (Å²) < 4.78 is 10.7. The molecule has 132 valence electrons. The van der Waals surface area contributed by atoms with Crippen molar-refractivity contribution in [2.45, 2.75) is 12.8 Å². The van der Waals surface area contributed by atoms with Crippen molar-refractivity contribution < 1.29 is 14.3 Å². The Hall–Kier alpha value is -2.04. The molecule has 0 spiro atoms. The van der Waals surface area contributed by atoms with Crippen LogP contribution in [0.25, 0.3) is 11.1 Å². The summed E-state index contributed by atoms with van der Waals surface area (Å²) in [7, 11) is 1.63. The molecule has 1 atom stereocenters. The van der Waals surface area contributed by atoms with E-state index in [2.05, 4.69) is 5.32 Å². The lowest BCUT2D eigenvalue weighted by atomic mass is 10.0. The smallest absolute Gasteiger partial charge is 0.251 e. The predicted octanol–water partition coefficient (Wildman–Crippen LogP) is 4.17. The molecule has 1 heterocycles. The molecule has 2 aromatic carbocycles. The van der Waals surface area contributed by atoms with E-state index in [9.17, 15) is 4.79 Å². The molecule has 1 saturated heterocycles. The second-order valence-corrected chi connectivity index (χ2v) is 6.63. The standard InChI is InChI=1S/C20H22ClNO3/c1-24-19-7-6-17(21)12-18(19)15-2-4-16(5-3-15)20(23)22-10-8-14-9-11-25-13-14/h2-7,12,14H,8-11,13H2,1H3,(H,22,23). The van der Waals surface area contributed by atoms with Gasteiger partial charge in [0, 0.05) is 35.9 Å². The Labute approximate surface area is 153 Å². The third-order valence-electron chi connectivity index (χ3n) is 4.48. The molecular formula is C20H22ClNO3. The number of ether oxygens (including phenoxy) is 2. The second kappa shape index (κ2) is 8.37. The molecule has 1 unspecified atom stereocenters. The maximum Gasteiger partial charge on any atom is 0.251 e. The zero-order chi connectivity index (χ0) is 17.6. The number of amides is 1. The van der Waals surface area contributed by atoms with Crippen LogP contribution in [0.1, 0.15) is 23.2 Å². The van der Waals surface area contributed by atoms with Gasteiger partial charge in [-0.15, -0.1) is 0 Å². The molecule has 3 rings (SSSR count). The molecule has 1 amide bonds. The summed E-state index contributed by atoms with van der Waals surface area (Å²) in [6.45, 7) is 2.33. The van der Waals surface area contributed by atoms with Crippen molar-refractivity contribution in [2.24, 2.45) is 5.92 Å². The minimum absolute atomic E-state index is 0.0523. The lowest BCUT2D eigenvalue weighted by molar-refractivity contribution is 0.0950. The number of benzene rings is 2. The number of carbonyl (C=O) groups excluding carboxylic acids is 1. The van der Waals surface area contributed by atoms with E-state index in [4.69, 9.17) is 21.1 Å². The largest absolute Gasteiger partial charge is 0.496 e. The molecule has 0 radical (unpaired) electrons. The Morgan fingerprint density at radius 1 is 1.28 bits per heavy atom. The maximum atomic E-state index is 12.3. The molecule has 5 heteroatoms. The number of methoxy groups -OCH3 is 1. The van der Waals surface area contributed by atoms with Crippen molar-refractivity contribution >= 4 is 17.5 Å². The summed E-state index contributed by atoms with van der Waals surface area (Å²) in [4.78, 5) is 12.3. The first kappa shape index (κ1) is 17.8. The predicted molar refractivity (Wildman–Crippen MR) is 99.3 cm³/mol. The fourth-order valence-corrected chi connectivity index (χ4v) is 3.18. The molecule has 2 aromatic rings. The Morgan fingerprint density at radius 2 is 2.08 bits per heavy atom. The highest BCUT2D eigenvalue weighted by atomic mass is 35.5. The van der Waals surface area contributed by atoms with Gasteiger partial charge in [0.1, 0.15) is 5.75 Å². The molecule has 1 aliphatic rings. The van der Waals surface area contributed by atoms with Gasteiger partial charge in [0.2, 0.25) is 0 Å². The summed E-state index contributed by atoms with van der Waals surface area (Å²) in [5.41, 5.74) is 2.51. The van der Waals surface area contributed by atoms with E-state index < -0.39 is 0 Å². The monoisotopic (exact) mass is 359 g/mol. The topological polar surface area (TPSA) is 47.6 Å². The van der Waals surface area contributed by atoms with Crippen molar-refractivity contribution in [2.75, 3.05) is 26.9 Å². The highest BCUT2D eigenvalue weighted by Gasteiger charge is 2.15. The van der Waals surface area contributed by atoms with Crippen LogP contribution in [-0.4, -0.2) is 32.8 Å². The van der Waals surface area contributed by atoms with Gasteiger partial charge >= 0.3 is 0 Å². The van der Waals surface area contributed by atoms with Crippen LogP contribution < -0.4 is 10.1 Å². The average molecular weight is 360 g/mol. The van der Waals surface area contributed by atoms with E-state index in [1.807, 2.05) is 36.4 Å². The van der Waals surface area contributed by atoms with Crippen LogP contribution in [0.3, 0.4) is 0 Å². The zero-order valence-electron chi connectivity index (χ0n) is 14.3. The Morgan fingerprint density at radius 3 is 2.76 bits per heavy atom. The summed E-state index contributed by atoms with van der Waals surface area (Å²) in [6.07, 6.45) is 2.05. The van der Waals surface area contributed by atoms with Gasteiger partial charge in [-0.05, 0) is 54.7 Å². The number of hydrogen-bond acceptors (Lipinski definition) is 3. The van der Waals surface area contributed by atoms with E-state index in [1.54, 1.807) is 13.2 Å². The van der Waals surface area contributed by atoms with Gasteiger partial charge in [0.05, 0.1) is 7.11 Å². The lowest BCUT2D eigenvalue weighted by Crippen LogP contribution is -2.26. The Kier molecular flexibility index (Phi) is 5.95. The molecule has 0 aromatic heterocycles. The van der Waals surface area contributed by atoms with Crippen molar-refractivity contribution in [1.82, 2.24) is 5.32 Å². The third-order valence-corrected chi connectivity index (χ3v) is 4.72. The number of rotatable bonds is 6. The molecule has 0 bridgehead atoms. The van der Waals surface area contributed by atoms with E-state index in [0.29, 0.717) is 23.0 Å². The number of nitrogens with one attached hydrogen (secondary N) is 1. The molecule has 0 aliphatic carbocycles. The highest BCUT2D eigenvalue weighted by Crippen LogP contribution is 2.32. The van der Waals surface area contributed by atoms with Crippen LogP contribution >= 0.6 is 11.6 Å². The SMILES string of the molecule is COc1ccc(Cl)cc1-c1ccc(C(=O)NCCC2CCOC2)cc1. The van der Waals surface area contributed by atoms with E-state index >= 15 is 0 Å². The van der Waals surface area contributed by atoms with Gasteiger partial charge in [0.25, 0.3) is 5.91 Å². The summed E-state index contributed by atoms with van der Waals surface area (Å²) in [5.74, 6) is 1.27. The number of carbonyl (C=O) groups is 1. The van der Waals surface area contributed by atoms with Gasteiger partial charge < -0.3 is 14.8 Å². The lowest BCUT2D eigenvalue weighted by Gasteiger charge is -2.11. The average Bonchev–Trinajstić information content (AvgIpc) is 3.15. The number of hydrogen-bond donors (Lipinski definition) is 1. The Balaban J connectivity index is 1.63. The van der Waals surface area contributed by atoms with Crippen molar-refractivity contribution in [3.63, 3.8) is 0 Å². The molecular weight excluding hydrogens is 338 g/mol. The van der Waals surface area contributed by atoms with Crippen LogP contribution in [0.15, 0.2) is 42.5 Å². The second-order valence-electron chi connectivity index (χ2n) is 6.20. The fraction of sp³-hybridized carbons (Fsp3) is 0.350. The first-order chi connectivity index (χ1) is 12.2. The Bertz CT molecular complexity index is 724. The normalized spacial score (nSPS) is 16.6. The van der Waals surface area contributed by atoms with Crippen LogP contribution in [0.2, 0.25) is 5.02 Å². The van der Waals surface area contributed by atoms with Crippen LogP contribution in [0.4, 0.5) is 0 Å². The number of halogens is 1. The van der Waals surface area contributed by atoms with Gasteiger partial charge in [-0.1, -0.05) is 23.7 Å². The van der Waals surface area contributed by atoms with E-state index in [1.165, 1.54) is 0 Å². The van der Waals surface area contributed by atoms with Gasteiger partial charge in [-0.25, -0.2) is 0 Å². The van der Waals surface area contributed by atoms with Crippen molar-refractivity contribution in [1.29, 1.82) is 0 Å². The fourth-order valence-electron chi connectivity index (χ4n) is 3.01. The molecule has 1 aliphatic heterocycles. The molecule has 0 saturated carbocycles. The van der Waals surface area contributed by atoms with Gasteiger partial charge in [0.15, 0.2) is 0 Å². The molecule has 25 heavy (non-hydrogen) atoms. The van der Waals surface area contributed by atoms with E-state index in [0.717, 1.165) is 42.9 Å². The minimum atomic E-state index is -0.0523. The molecule has 1 fully saturated rings. The molecule has 4 nitrogen and oxygen atoms in total. The third kappa shape index (κ3) is 4.53.